The summed E-state index contributed by atoms with van der Waals surface area (Å²) in [7, 11) is 0. The molecule has 106 valence electrons. The van der Waals surface area contributed by atoms with Crippen LogP contribution in [0.5, 0.6) is 0 Å². The summed E-state index contributed by atoms with van der Waals surface area (Å²) in [5, 5.41) is 13.4. The third-order valence-electron chi connectivity index (χ3n) is 3.29. The lowest BCUT2D eigenvalue weighted by Gasteiger charge is -2.20. The zero-order chi connectivity index (χ0) is 14.9. The predicted molar refractivity (Wildman–Crippen MR) is 78.6 cm³/mol. The Morgan fingerprint density at radius 2 is 1.85 bits per heavy atom. The monoisotopic (exact) mass is 272 g/mol. The fourth-order valence-electron chi connectivity index (χ4n) is 2.09. The van der Waals surface area contributed by atoms with Crippen molar-refractivity contribution in [3.63, 3.8) is 0 Å². The molecule has 0 saturated heterocycles. The largest absolute Gasteiger partial charge is 0.476 e. The molecule has 0 atom stereocenters. The fourth-order valence-corrected chi connectivity index (χ4v) is 2.09. The first-order chi connectivity index (χ1) is 9.32. The van der Waals surface area contributed by atoms with E-state index in [4.69, 9.17) is 5.11 Å². The molecule has 0 fully saturated rings. The molecular weight excluding hydrogens is 252 g/mol. The Bertz CT molecular complexity index is 619. The van der Waals surface area contributed by atoms with Crippen molar-refractivity contribution in [1.82, 2.24) is 9.78 Å². The molecule has 0 aliphatic carbocycles. The Hall–Kier alpha value is -2.10. The smallest absolute Gasteiger partial charge is 0.356 e. The Kier molecular flexibility index (Phi) is 3.66. The first-order valence-corrected chi connectivity index (χ1v) is 6.76. The van der Waals surface area contributed by atoms with Crippen LogP contribution in [0.25, 0.3) is 5.69 Å². The minimum atomic E-state index is -1.00. The second kappa shape index (κ2) is 5.12. The Labute approximate surface area is 119 Å². The highest BCUT2D eigenvalue weighted by Crippen LogP contribution is 2.26. The summed E-state index contributed by atoms with van der Waals surface area (Å²) in [6.45, 7) is 8.25. The van der Waals surface area contributed by atoms with Crippen LogP contribution in [0.1, 0.15) is 49.4 Å². The molecule has 1 heterocycles. The number of carboxylic acid groups (broad SMARTS) is 1. The highest BCUT2D eigenvalue weighted by Gasteiger charge is 2.23. The number of carbonyl (C=O) groups is 1. The highest BCUT2D eigenvalue weighted by atomic mass is 16.4. The summed E-state index contributed by atoms with van der Waals surface area (Å²) >= 11 is 0. The third-order valence-corrected chi connectivity index (χ3v) is 3.29. The maximum atomic E-state index is 11.1. The molecule has 4 nitrogen and oxygen atoms in total. The van der Waals surface area contributed by atoms with Crippen molar-refractivity contribution in [1.29, 1.82) is 0 Å². The number of aromatic nitrogens is 2. The van der Waals surface area contributed by atoms with Crippen LogP contribution in [0.15, 0.2) is 30.3 Å². The van der Waals surface area contributed by atoms with Gasteiger partial charge in [-0.3, -0.25) is 0 Å². The van der Waals surface area contributed by atoms with Gasteiger partial charge < -0.3 is 5.11 Å². The van der Waals surface area contributed by atoms with E-state index in [2.05, 4.69) is 12.0 Å². The average Bonchev–Trinajstić information content (AvgIpc) is 2.84. The number of hydrogen-bond acceptors (Lipinski definition) is 2. The number of hydrogen-bond donors (Lipinski definition) is 1. The van der Waals surface area contributed by atoms with E-state index in [1.807, 2.05) is 45.0 Å². The number of aromatic carboxylic acids is 1. The molecule has 2 rings (SSSR count). The van der Waals surface area contributed by atoms with Gasteiger partial charge in [0.05, 0.1) is 11.4 Å². The SMILES string of the molecule is CCc1ccc(-n2nc(C(=O)O)cc2C(C)(C)C)cc1. The summed E-state index contributed by atoms with van der Waals surface area (Å²) in [5.41, 5.74) is 2.93. The van der Waals surface area contributed by atoms with Crippen molar-refractivity contribution in [3.05, 3.63) is 47.3 Å². The summed E-state index contributed by atoms with van der Waals surface area (Å²) in [5.74, 6) is -1.00. The summed E-state index contributed by atoms with van der Waals surface area (Å²) in [6.07, 6.45) is 0.978. The Morgan fingerprint density at radius 1 is 1.25 bits per heavy atom. The van der Waals surface area contributed by atoms with Crippen molar-refractivity contribution < 1.29 is 9.90 Å². The molecule has 20 heavy (non-hydrogen) atoms. The third kappa shape index (κ3) is 2.74. The lowest BCUT2D eigenvalue weighted by Crippen LogP contribution is -2.17. The van der Waals surface area contributed by atoms with Crippen molar-refractivity contribution in [2.75, 3.05) is 0 Å². The molecule has 0 aliphatic rings. The van der Waals surface area contributed by atoms with Crippen LogP contribution in [0.3, 0.4) is 0 Å². The van der Waals surface area contributed by atoms with Crippen LogP contribution in [-0.4, -0.2) is 20.9 Å². The van der Waals surface area contributed by atoms with Gasteiger partial charge in [-0.15, -0.1) is 0 Å². The predicted octanol–water partition coefficient (Wildman–Crippen LogP) is 3.43. The van der Waals surface area contributed by atoms with Crippen LogP contribution in [-0.2, 0) is 11.8 Å². The first kappa shape index (κ1) is 14.3. The van der Waals surface area contributed by atoms with E-state index in [0.717, 1.165) is 17.8 Å². The van der Waals surface area contributed by atoms with E-state index in [1.54, 1.807) is 10.7 Å². The number of nitrogens with zero attached hydrogens (tertiary/aromatic N) is 2. The van der Waals surface area contributed by atoms with Gasteiger partial charge in [0.25, 0.3) is 0 Å². The molecule has 4 heteroatoms. The second-order valence-corrected chi connectivity index (χ2v) is 5.90. The van der Waals surface area contributed by atoms with Crippen molar-refractivity contribution >= 4 is 5.97 Å². The van der Waals surface area contributed by atoms with Crippen LogP contribution >= 0.6 is 0 Å². The minimum Gasteiger partial charge on any atom is -0.476 e. The molecule has 0 saturated carbocycles. The molecule has 1 aromatic heterocycles. The van der Waals surface area contributed by atoms with Crippen molar-refractivity contribution in [2.45, 2.75) is 39.5 Å². The zero-order valence-electron chi connectivity index (χ0n) is 12.3. The average molecular weight is 272 g/mol. The lowest BCUT2D eigenvalue weighted by atomic mass is 9.91. The van der Waals surface area contributed by atoms with Crippen molar-refractivity contribution in [3.8, 4) is 5.69 Å². The maximum Gasteiger partial charge on any atom is 0.356 e. The fraction of sp³-hybridized carbons (Fsp3) is 0.375. The van der Waals surface area contributed by atoms with Crippen molar-refractivity contribution in [2.24, 2.45) is 0 Å². The van der Waals surface area contributed by atoms with Gasteiger partial charge in [0.15, 0.2) is 5.69 Å². The Balaban J connectivity index is 2.56. The van der Waals surface area contributed by atoms with Gasteiger partial charge in [-0.1, -0.05) is 39.8 Å². The molecule has 0 spiro atoms. The van der Waals surface area contributed by atoms with Crippen LogP contribution < -0.4 is 0 Å². The number of carboxylic acids is 1. The van der Waals surface area contributed by atoms with Gasteiger partial charge in [0, 0.05) is 5.41 Å². The molecule has 1 N–H and O–H groups in total. The van der Waals surface area contributed by atoms with Gasteiger partial charge in [-0.2, -0.15) is 5.10 Å². The van der Waals surface area contributed by atoms with E-state index >= 15 is 0 Å². The molecule has 0 aliphatic heterocycles. The van der Waals surface area contributed by atoms with E-state index < -0.39 is 5.97 Å². The molecule has 0 unspecified atom stereocenters. The van der Waals surface area contributed by atoms with Gasteiger partial charge in [-0.05, 0) is 30.2 Å². The van der Waals surface area contributed by atoms with Crippen LogP contribution in [0, 0.1) is 0 Å². The Morgan fingerprint density at radius 3 is 2.30 bits per heavy atom. The molecule has 1 aromatic carbocycles. The van der Waals surface area contributed by atoms with E-state index in [0.29, 0.717) is 0 Å². The minimum absolute atomic E-state index is 0.0782. The summed E-state index contributed by atoms with van der Waals surface area (Å²) < 4.78 is 1.73. The van der Waals surface area contributed by atoms with Crippen LogP contribution in [0.4, 0.5) is 0 Å². The first-order valence-electron chi connectivity index (χ1n) is 6.76. The lowest BCUT2D eigenvalue weighted by molar-refractivity contribution is 0.0690. The number of rotatable bonds is 3. The standard InChI is InChI=1S/C16H20N2O2/c1-5-11-6-8-12(9-7-11)18-14(16(2,3)4)10-13(17-18)15(19)20/h6-10H,5H2,1-4H3,(H,19,20). The summed E-state index contributed by atoms with van der Waals surface area (Å²) in [6, 6.07) is 9.70. The van der Waals surface area contributed by atoms with Gasteiger partial charge in [0.1, 0.15) is 0 Å². The second-order valence-electron chi connectivity index (χ2n) is 5.90. The molecule has 2 aromatic rings. The van der Waals surface area contributed by atoms with E-state index in [9.17, 15) is 4.79 Å². The number of benzene rings is 1. The van der Waals surface area contributed by atoms with Crippen LogP contribution in [0.2, 0.25) is 0 Å². The molecule has 0 amide bonds. The normalized spacial score (nSPS) is 11.6. The van der Waals surface area contributed by atoms with Gasteiger partial charge >= 0.3 is 5.97 Å². The zero-order valence-corrected chi connectivity index (χ0v) is 12.3. The van der Waals surface area contributed by atoms with Gasteiger partial charge in [-0.25, -0.2) is 9.48 Å². The molecule has 0 bridgehead atoms. The summed E-state index contributed by atoms with van der Waals surface area (Å²) in [4.78, 5) is 11.1. The quantitative estimate of drug-likeness (QED) is 0.931. The van der Waals surface area contributed by atoms with E-state index in [1.165, 1.54) is 5.56 Å². The maximum absolute atomic E-state index is 11.1. The number of aryl methyl sites for hydroxylation is 1. The topological polar surface area (TPSA) is 55.1 Å². The molecular formula is C16H20N2O2. The van der Waals surface area contributed by atoms with E-state index in [-0.39, 0.29) is 11.1 Å². The molecule has 0 radical (unpaired) electrons. The highest BCUT2D eigenvalue weighted by molar-refractivity contribution is 5.85. The van der Waals surface area contributed by atoms with Gasteiger partial charge in [0.2, 0.25) is 0 Å².